The molecule has 0 saturated carbocycles. The fourth-order valence-corrected chi connectivity index (χ4v) is 2.78. The third-order valence-electron chi connectivity index (χ3n) is 4.00. The first kappa shape index (κ1) is 19.5. The van der Waals surface area contributed by atoms with Crippen molar-refractivity contribution in [3.63, 3.8) is 0 Å². The minimum Gasteiger partial charge on any atom is -0.497 e. The molecule has 0 fully saturated rings. The molecule has 146 valence electrons. The summed E-state index contributed by atoms with van der Waals surface area (Å²) in [7, 11) is 3.06. The number of hydrogen-bond donors (Lipinski definition) is 3. The molecule has 2 amide bonds. The van der Waals surface area contributed by atoms with Crippen LogP contribution in [-0.2, 0) is 9.59 Å². The van der Waals surface area contributed by atoms with Gasteiger partial charge in [0.2, 0.25) is 17.8 Å². The number of amides is 2. The highest BCUT2D eigenvalue weighted by Crippen LogP contribution is 2.28. The molecule has 2 aromatic rings. The average Bonchev–Trinajstić information content (AvgIpc) is 2.68. The van der Waals surface area contributed by atoms with Gasteiger partial charge in [0.25, 0.3) is 0 Å². The van der Waals surface area contributed by atoms with E-state index in [4.69, 9.17) is 21.1 Å². The molecule has 0 radical (unpaired) electrons. The number of guanidine groups is 1. The number of hydrogen-bond acceptors (Lipinski definition) is 6. The Bertz CT molecular complexity index is 915. The number of anilines is 2. The van der Waals surface area contributed by atoms with Gasteiger partial charge >= 0.3 is 0 Å². The van der Waals surface area contributed by atoms with Crippen molar-refractivity contribution in [1.29, 1.82) is 0 Å². The Morgan fingerprint density at radius 2 is 1.93 bits per heavy atom. The van der Waals surface area contributed by atoms with Gasteiger partial charge in [-0.2, -0.15) is 0 Å². The van der Waals surface area contributed by atoms with Gasteiger partial charge in [-0.15, -0.1) is 0 Å². The fourth-order valence-electron chi connectivity index (χ4n) is 2.61. The zero-order valence-corrected chi connectivity index (χ0v) is 16.0. The maximum atomic E-state index is 12.6. The average molecular weight is 403 g/mol. The Morgan fingerprint density at radius 1 is 1.18 bits per heavy atom. The molecule has 1 aliphatic rings. The number of carbonyl (C=O) groups excluding carboxylic acids is 2. The molecule has 0 aliphatic carbocycles. The lowest BCUT2D eigenvalue weighted by Gasteiger charge is -2.21. The number of benzene rings is 2. The molecule has 1 aliphatic heterocycles. The van der Waals surface area contributed by atoms with Gasteiger partial charge in [0, 0.05) is 10.7 Å². The number of ether oxygens (including phenoxy) is 2. The van der Waals surface area contributed by atoms with Crippen LogP contribution in [0.5, 0.6) is 11.5 Å². The van der Waals surface area contributed by atoms with E-state index < -0.39 is 11.9 Å². The van der Waals surface area contributed by atoms with Crippen molar-refractivity contribution in [2.45, 2.75) is 12.5 Å². The highest BCUT2D eigenvalue weighted by molar-refractivity contribution is 6.31. The summed E-state index contributed by atoms with van der Waals surface area (Å²) in [6.07, 6.45) is -0.0670. The van der Waals surface area contributed by atoms with Crippen molar-refractivity contribution in [2.75, 3.05) is 24.9 Å². The topological polar surface area (TPSA) is 101 Å². The Hall–Kier alpha value is -3.26. The van der Waals surface area contributed by atoms with Crippen LogP contribution in [0.15, 0.2) is 47.5 Å². The number of nitrogens with zero attached hydrogens (tertiary/aromatic N) is 1. The van der Waals surface area contributed by atoms with Crippen LogP contribution in [0.25, 0.3) is 0 Å². The molecular weight excluding hydrogens is 384 g/mol. The Kier molecular flexibility index (Phi) is 6.00. The van der Waals surface area contributed by atoms with E-state index in [-0.39, 0.29) is 18.3 Å². The molecule has 0 aromatic heterocycles. The molecule has 2 aromatic carbocycles. The summed E-state index contributed by atoms with van der Waals surface area (Å²) in [6, 6.07) is 11.1. The highest BCUT2D eigenvalue weighted by Gasteiger charge is 2.27. The molecule has 0 spiro atoms. The number of rotatable bonds is 5. The zero-order chi connectivity index (χ0) is 20.1. The third kappa shape index (κ3) is 4.72. The van der Waals surface area contributed by atoms with Crippen molar-refractivity contribution in [1.82, 2.24) is 5.32 Å². The Labute approximate surface area is 166 Å². The lowest BCUT2D eigenvalue weighted by molar-refractivity contribution is -0.124. The standard InChI is InChI=1S/C19H19ClN4O4/c1-27-13-6-4-12(5-7-13)21-19-23-15(10-17(25)24-19)18(26)22-14-9-11(20)3-8-16(14)28-2/h3-9,15H,10H2,1-2H3,(H,22,26)(H2,21,23,24,25)/t15-/m1/s1. The van der Waals surface area contributed by atoms with Crippen LogP contribution in [-0.4, -0.2) is 38.0 Å². The van der Waals surface area contributed by atoms with Crippen LogP contribution in [0.4, 0.5) is 11.4 Å². The molecule has 1 atom stereocenters. The molecule has 0 saturated heterocycles. The van der Waals surface area contributed by atoms with Crippen LogP contribution in [0.1, 0.15) is 6.42 Å². The van der Waals surface area contributed by atoms with E-state index in [0.29, 0.717) is 27.9 Å². The first-order valence-electron chi connectivity index (χ1n) is 8.41. The van der Waals surface area contributed by atoms with Crippen LogP contribution in [0, 0.1) is 0 Å². The van der Waals surface area contributed by atoms with Crippen LogP contribution >= 0.6 is 11.6 Å². The lowest BCUT2D eigenvalue weighted by atomic mass is 10.1. The SMILES string of the molecule is COc1ccc(NC2=N[C@@H](C(=O)Nc3cc(Cl)ccc3OC)CC(=O)N2)cc1. The molecule has 0 unspecified atom stereocenters. The summed E-state index contributed by atoms with van der Waals surface area (Å²) in [4.78, 5) is 29.0. The minimum absolute atomic E-state index is 0.0670. The molecule has 0 bridgehead atoms. The quantitative estimate of drug-likeness (QED) is 0.713. The van der Waals surface area contributed by atoms with Crippen molar-refractivity contribution < 1.29 is 19.1 Å². The summed E-state index contributed by atoms with van der Waals surface area (Å²) >= 11 is 5.98. The number of aliphatic imine (C=N–C) groups is 1. The number of methoxy groups -OCH3 is 2. The summed E-state index contributed by atoms with van der Waals surface area (Å²) < 4.78 is 10.3. The summed E-state index contributed by atoms with van der Waals surface area (Å²) in [5.41, 5.74) is 1.10. The predicted octanol–water partition coefficient (Wildman–Crippen LogP) is 2.65. The maximum absolute atomic E-state index is 12.6. The highest BCUT2D eigenvalue weighted by atomic mass is 35.5. The number of carbonyl (C=O) groups is 2. The van der Waals surface area contributed by atoms with E-state index in [1.54, 1.807) is 49.6 Å². The lowest BCUT2D eigenvalue weighted by Crippen LogP contribution is -2.45. The van der Waals surface area contributed by atoms with Gasteiger partial charge in [-0.3, -0.25) is 14.9 Å². The monoisotopic (exact) mass is 402 g/mol. The van der Waals surface area contributed by atoms with E-state index in [0.717, 1.165) is 0 Å². The van der Waals surface area contributed by atoms with Gasteiger partial charge in [0.1, 0.15) is 17.5 Å². The van der Waals surface area contributed by atoms with Crippen LogP contribution < -0.4 is 25.4 Å². The second-order valence-electron chi connectivity index (χ2n) is 5.93. The fraction of sp³-hybridized carbons (Fsp3) is 0.211. The maximum Gasteiger partial charge on any atom is 0.249 e. The first-order chi connectivity index (χ1) is 13.5. The van der Waals surface area contributed by atoms with Crippen molar-refractivity contribution in [3.8, 4) is 11.5 Å². The van der Waals surface area contributed by atoms with E-state index in [2.05, 4.69) is 20.9 Å². The van der Waals surface area contributed by atoms with E-state index in [9.17, 15) is 9.59 Å². The second-order valence-corrected chi connectivity index (χ2v) is 6.37. The zero-order valence-electron chi connectivity index (χ0n) is 15.3. The van der Waals surface area contributed by atoms with E-state index >= 15 is 0 Å². The van der Waals surface area contributed by atoms with Crippen molar-refractivity contribution >= 4 is 40.7 Å². The molecule has 9 heteroatoms. The smallest absolute Gasteiger partial charge is 0.249 e. The molecule has 8 nitrogen and oxygen atoms in total. The van der Waals surface area contributed by atoms with Crippen molar-refractivity contribution in [2.24, 2.45) is 4.99 Å². The van der Waals surface area contributed by atoms with Gasteiger partial charge in [0.05, 0.1) is 26.3 Å². The Balaban J connectivity index is 1.75. The number of nitrogens with one attached hydrogen (secondary N) is 3. The molecule has 3 N–H and O–H groups in total. The Morgan fingerprint density at radius 3 is 2.61 bits per heavy atom. The third-order valence-corrected chi connectivity index (χ3v) is 4.23. The molecule has 3 rings (SSSR count). The molecule has 1 heterocycles. The van der Waals surface area contributed by atoms with Gasteiger partial charge in [-0.25, -0.2) is 4.99 Å². The molecule has 28 heavy (non-hydrogen) atoms. The van der Waals surface area contributed by atoms with E-state index in [1.165, 1.54) is 7.11 Å². The van der Waals surface area contributed by atoms with Gasteiger partial charge in [-0.1, -0.05) is 11.6 Å². The molecular formula is C19H19ClN4O4. The summed E-state index contributed by atoms with van der Waals surface area (Å²) in [5.74, 6) is 0.597. The summed E-state index contributed by atoms with van der Waals surface area (Å²) in [6.45, 7) is 0. The van der Waals surface area contributed by atoms with E-state index in [1.807, 2.05) is 0 Å². The van der Waals surface area contributed by atoms with Gasteiger partial charge in [0.15, 0.2) is 0 Å². The largest absolute Gasteiger partial charge is 0.497 e. The minimum atomic E-state index is -0.891. The normalized spacial score (nSPS) is 15.9. The summed E-state index contributed by atoms with van der Waals surface area (Å²) in [5, 5.41) is 8.76. The predicted molar refractivity (Wildman–Crippen MR) is 107 cm³/mol. The van der Waals surface area contributed by atoms with Gasteiger partial charge < -0.3 is 20.1 Å². The van der Waals surface area contributed by atoms with Gasteiger partial charge in [-0.05, 0) is 42.5 Å². The first-order valence-corrected chi connectivity index (χ1v) is 8.79. The van der Waals surface area contributed by atoms with Crippen LogP contribution in [0.2, 0.25) is 5.02 Å². The van der Waals surface area contributed by atoms with Crippen molar-refractivity contribution in [3.05, 3.63) is 47.5 Å². The van der Waals surface area contributed by atoms with Crippen LogP contribution in [0.3, 0.4) is 0 Å². The number of halogens is 1. The second kappa shape index (κ2) is 8.62.